The first-order valence-corrected chi connectivity index (χ1v) is 13.4. The van der Waals surface area contributed by atoms with Gasteiger partial charge in [-0.25, -0.2) is 4.79 Å². The Bertz CT molecular complexity index is 1350. The molecule has 0 aliphatic rings. The molecule has 226 valence electrons. The quantitative estimate of drug-likeness (QED) is 0.0501. The number of carboxylic acids is 1. The van der Waals surface area contributed by atoms with E-state index in [1.165, 1.54) is 37.3 Å². The van der Waals surface area contributed by atoms with Gasteiger partial charge < -0.3 is 33.4 Å². The van der Waals surface area contributed by atoms with Gasteiger partial charge in [-0.15, -0.1) is 0 Å². The Morgan fingerprint density at radius 1 is 1.02 bits per heavy atom. The molecule has 42 heavy (non-hydrogen) atoms. The number of para-hydroxylation sites is 1. The summed E-state index contributed by atoms with van der Waals surface area (Å²) in [5.41, 5.74) is 19.6. The Hall–Kier alpha value is -4.46. The number of carbonyl (C=O) groups excluding carboxylic acids is 4. The molecule has 2 aromatic rings. The molecule has 0 radical (unpaired) electrons. The molecule has 0 saturated heterocycles. The summed E-state index contributed by atoms with van der Waals surface area (Å²) >= 11 is 0. The van der Waals surface area contributed by atoms with Crippen LogP contribution in [0.15, 0.2) is 48.5 Å². The highest BCUT2D eigenvalue weighted by atomic mass is 16.4. The number of Topliss-reactive ketones (excluding diaryl/α,β-unsaturated/α-hetero) is 3. The Morgan fingerprint density at radius 2 is 1.64 bits per heavy atom. The van der Waals surface area contributed by atoms with Crippen molar-refractivity contribution >= 4 is 40.9 Å². The Labute approximate surface area is 244 Å². The number of nitrogens with one attached hydrogen (secondary N) is 2. The minimum atomic E-state index is -2.90. The zero-order chi connectivity index (χ0) is 31.8. The van der Waals surface area contributed by atoms with Crippen molar-refractivity contribution in [2.45, 2.75) is 51.2 Å². The summed E-state index contributed by atoms with van der Waals surface area (Å²) in [4.78, 5) is 68.9. The number of anilines is 1. The lowest BCUT2D eigenvalue weighted by Crippen LogP contribution is -2.65. The number of rotatable bonds is 15. The molecule has 0 aliphatic carbocycles. The number of ketones is 3. The first kappa shape index (κ1) is 33.7. The molecular formula is C29H39N7O6. The lowest BCUT2D eigenvalue weighted by Gasteiger charge is -2.42. The van der Waals surface area contributed by atoms with Crippen LogP contribution >= 0.6 is 0 Å². The summed E-state index contributed by atoms with van der Waals surface area (Å²) in [6.45, 7) is 3.89. The van der Waals surface area contributed by atoms with Crippen molar-refractivity contribution < 1.29 is 29.1 Å². The molecule has 13 heteroatoms. The Morgan fingerprint density at radius 3 is 2.14 bits per heavy atom. The standard InChI is InChI=1S/C29H39N7O6/c1-16(2)24(32)26(40)36(18-9-5-4-6-10-18)29(27(41)42,22(38)15-30)20-12-7-11-19(17(3)37)23(20)25(39)21(31)13-8-14-35-28(33)34/h4-7,9-12,16,21,24H,8,13-15,30-32H2,1-3H3,(H,41,42)(H4,33,34,35). The van der Waals surface area contributed by atoms with Gasteiger partial charge in [0, 0.05) is 28.9 Å². The van der Waals surface area contributed by atoms with Gasteiger partial charge in [0.2, 0.25) is 11.4 Å². The number of carboxylic acid groups (broad SMARTS) is 1. The lowest BCUT2D eigenvalue weighted by atomic mass is 9.76. The van der Waals surface area contributed by atoms with E-state index < -0.39 is 70.4 Å². The van der Waals surface area contributed by atoms with E-state index in [0.29, 0.717) is 6.42 Å². The number of guanidine groups is 1. The topological polar surface area (TPSA) is 249 Å². The second kappa shape index (κ2) is 14.4. The van der Waals surface area contributed by atoms with Crippen LogP contribution in [0.3, 0.4) is 0 Å². The van der Waals surface area contributed by atoms with E-state index in [0.717, 1.165) is 4.90 Å². The summed E-state index contributed by atoms with van der Waals surface area (Å²) in [6, 6.07) is 8.92. The van der Waals surface area contributed by atoms with Gasteiger partial charge in [0.1, 0.15) is 0 Å². The molecule has 0 bridgehead atoms. The van der Waals surface area contributed by atoms with Crippen molar-refractivity contribution in [3.05, 3.63) is 65.2 Å². The van der Waals surface area contributed by atoms with Crippen molar-refractivity contribution in [2.24, 2.45) is 28.9 Å². The van der Waals surface area contributed by atoms with E-state index in [4.69, 9.17) is 28.3 Å². The van der Waals surface area contributed by atoms with Crippen LogP contribution in [0.1, 0.15) is 59.9 Å². The SMILES string of the molecule is CC(=O)c1cccc(C(C(=O)O)(C(=O)CN)N(C(=O)C(N)C(C)C)c2ccccc2)c1C(=O)C(N)CCCNC(=N)N. The number of hydrogen-bond acceptors (Lipinski definition) is 9. The molecule has 1 amide bonds. The van der Waals surface area contributed by atoms with E-state index >= 15 is 0 Å². The van der Waals surface area contributed by atoms with Crippen molar-refractivity contribution in [1.82, 2.24) is 5.32 Å². The number of carbonyl (C=O) groups is 5. The van der Waals surface area contributed by atoms with Crippen LogP contribution in [0.4, 0.5) is 5.69 Å². The van der Waals surface area contributed by atoms with Gasteiger partial charge in [-0.2, -0.15) is 0 Å². The minimum absolute atomic E-state index is 0.00836. The average Bonchev–Trinajstić information content (AvgIpc) is 2.96. The lowest BCUT2D eigenvalue weighted by molar-refractivity contribution is -0.151. The van der Waals surface area contributed by atoms with Crippen LogP contribution in [0.25, 0.3) is 0 Å². The van der Waals surface area contributed by atoms with E-state index in [-0.39, 0.29) is 30.2 Å². The molecule has 0 aliphatic heterocycles. The maximum atomic E-state index is 14.0. The molecule has 0 heterocycles. The third kappa shape index (κ3) is 6.87. The summed E-state index contributed by atoms with van der Waals surface area (Å²) < 4.78 is 0. The minimum Gasteiger partial charge on any atom is -0.479 e. The fourth-order valence-corrected chi connectivity index (χ4v) is 4.64. The van der Waals surface area contributed by atoms with E-state index in [9.17, 15) is 29.1 Å². The molecule has 0 spiro atoms. The Kier molecular flexibility index (Phi) is 11.6. The van der Waals surface area contributed by atoms with Crippen LogP contribution in [0, 0.1) is 11.3 Å². The second-order valence-electron chi connectivity index (χ2n) is 10.2. The number of aliphatic carboxylic acids is 1. The largest absolute Gasteiger partial charge is 0.479 e. The highest BCUT2D eigenvalue weighted by Gasteiger charge is 2.57. The molecule has 13 nitrogen and oxygen atoms in total. The van der Waals surface area contributed by atoms with Crippen molar-refractivity contribution in [3.63, 3.8) is 0 Å². The highest BCUT2D eigenvalue weighted by molar-refractivity contribution is 6.22. The molecular weight excluding hydrogens is 542 g/mol. The van der Waals surface area contributed by atoms with E-state index in [2.05, 4.69) is 5.32 Å². The zero-order valence-corrected chi connectivity index (χ0v) is 23.9. The van der Waals surface area contributed by atoms with Crippen molar-refractivity contribution in [2.75, 3.05) is 18.0 Å². The van der Waals surface area contributed by atoms with Crippen molar-refractivity contribution in [3.8, 4) is 0 Å². The normalized spacial score (nSPS) is 13.9. The van der Waals surface area contributed by atoms with Crippen LogP contribution < -0.4 is 33.2 Å². The maximum absolute atomic E-state index is 14.0. The molecule has 11 N–H and O–H groups in total. The third-order valence-corrected chi connectivity index (χ3v) is 6.90. The predicted molar refractivity (Wildman–Crippen MR) is 158 cm³/mol. The number of nitrogens with zero attached hydrogens (tertiary/aromatic N) is 1. The molecule has 0 aromatic heterocycles. The van der Waals surface area contributed by atoms with E-state index in [1.54, 1.807) is 32.0 Å². The molecule has 2 aromatic carbocycles. The first-order chi connectivity index (χ1) is 19.7. The number of nitrogens with two attached hydrogens (primary N) is 4. The van der Waals surface area contributed by atoms with Crippen molar-refractivity contribution in [1.29, 1.82) is 5.41 Å². The second-order valence-corrected chi connectivity index (χ2v) is 10.2. The van der Waals surface area contributed by atoms with Gasteiger partial charge in [-0.05, 0) is 37.8 Å². The Balaban J connectivity index is 3.00. The fourth-order valence-electron chi connectivity index (χ4n) is 4.64. The summed E-state index contributed by atoms with van der Waals surface area (Å²) in [6.07, 6.45) is 0.364. The van der Waals surface area contributed by atoms with Crippen LogP contribution in [0.5, 0.6) is 0 Å². The maximum Gasteiger partial charge on any atom is 0.342 e. The number of amides is 1. The van der Waals surface area contributed by atoms with Gasteiger partial charge in [0.25, 0.3) is 0 Å². The fraction of sp³-hybridized carbons (Fsp3) is 0.379. The highest BCUT2D eigenvalue weighted by Crippen LogP contribution is 2.39. The number of benzene rings is 2. The molecule has 3 unspecified atom stereocenters. The molecule has 3 atom stereocenters. The van der Waals surface area contributed by atoms with Gasteiger partial charge in [-0.3, -0.25) is 29.5 Å². The summed E-state index contributed by atoms with van der Waals surface area (Å²) in [5.74, 6) is -5.99. The average molecular weight is 582 g/mol. The van der Waals surface area contributed by atoms with Crippen LogP contribution in [-0.4, -0.2) is 65.5 Å². The molecule has 0 fully saturated rings. The van der Waals surface area contributed by atoms with Crippen LogP contribution in [0.2, 0.25) is 0 Å². The van der Waals surface area contributed by atoms with Gasteiger partial charge in [0.15, 0.2) is 23.3 Å². The predicted octanol–water partition coefficient (Wildman–Crippen LogP) is 0.487. The van der Waals surface area contributed by atoms with E-state index in [1.807, 2.05) is 0 Å². The van der Waals surface area contributed by atoms with Crippen LogP contribution in [-0.2, 0) is 19.9 Å². The molecule has 0 saturated carbocycles. The van der Waals surface area contributed by atoms with Gasteiger partial charge >= 0.3 is 5.97 Å². The first-order valence-electron chi connectivity index (χ1n) is 13.4. The van der Waals surface area contributed by atoms with Gasteiger partial charge in [-0.1, -0.05) is 50.2 Å². The molecule has 2 rings (SSSR count). The summed E-state index contributed by atoms with van der Waals surface area (Å²) in [7, 11) is 0. The smallest absolute Gasteiger partial charge is 0.342 e. The summed E-state index contributed by atoms with van der Waals surface area (Å²) in [5, 5.41) is 20.8. The monoisotopic (exact) mass is 581 g/mol. The van der Waals surface area contributed by atoms with Gasteiger partial charge in [0.05, 0.1) is 18.6 Å². The number of hydrogen-bond donors (Lipinski definition) is 7. The zero-order valence-electron chi connectivity index (χ0n) is 23.9. The third-order valence-electron chi connectivity index (χ3n) is 6.90.